The van der Waals surface area contributed by atoms with Crippen LogP contribution >= 0.6 is 0 Å². The van der Waals surface area contributed by atoms with E-state index in [1.807, 2.05) is 43.3 Å². The Hall–Kier alpha value is -3.77. The summed E-state index contributed by atoms with van der Waals surface area (Å²) in [6.45, 7) is 5.29. The van der Waals surface area contributed by atoms with Gasteiger partial charge in [-0.1, -0.05) is 36.4 Å². The summed E-state index contributed by atoms with van der Waals surface area (Å²) in [5.74, 6) is 2.73. The molecule has 0 amide bonds. The summed E-state index contributed by atoms with van der Waals surface area (Å²) >= 11 is 0. The Bertz CT molecular complexity index is 1280. The number of hydrogen-bond donors (Lipinski definition) is 0. The van der Waals surface area contributed by atoms with Crippen LogP contribution < -0.4 is 18.9 Å². The molecule has 0 radical (unpaired) electrons. The van der Waals surface area contributed by atoms with Crippen molar-refractivity contribution in [3.05, 3.63) is 88.2 Å². The quantitative estimate of drug-likeness (QED) is 0.469. The van der Waals surface area contributed by atoms with E-state index in [-0.39, 0.29) is 17.6 Å². The van der Waals surface area contributed by atoms with Crippen molar-refractivity contribution in [1.29, 1.82) is 0 Å². The molecule has 0 aromatic heterocycles. The van der Waals surface area contributed by atoms with Gasteiger partial charge in [0.15, 0.2) is 17.3 Å². The van der Waals surface area contributed by atoms with Crippen LogP contribution in [0.5, 0.6) is 23.0 Å². The highest BCUT2D eigenvalue weighted by molar-refractivity contribution is 6.15. The molecule has 6 nitrogen and oxygen atoms in total. The molecule has 0 N–H and O–H groups in total. The van der Waals surface area contributed by atoms with Gasteiger partial charge in [0.25, 0.3) is 0 Å². The average molecular weight is 458 g/mol. The first-order valence-corrected chi connectivity index (χ1v) is 11.2. The van der Waals surface area contributed by atoms with Crippen LogP contribution in [0.4, 0.5) is 0 Å². The fourth-order valence-corrected chi connectivity index (χ4v) is 4.55. The van der Waals surface area contributed by atoms with Crippen molar-refractivity contribution in [1.82, 2.24) is 4.90 Å². The maximum atomic E-state index is 13.2. The van der Waals surface area contributed by atoms with Crippen molar-refractivity contribution in [2.75, 3.05) is 21.0 Å². The molecule has 2 aliphatic heterocycles. The molecular weight excluding hydrogens is 430 g/mol. The largest absolute Gasteiger partial charge is 0.493 e. The second-order valence-electron chi connectivity index (χ2n) is 8.53. The minimum Gasteiger partial charge on any atom is -0.493 e. The Morgan fingerprint density at radius 1 is 1.00 bits per heavy atom. The molecule has 0 aliphatic carbocycles. The maximum absolute atomic E-state index is 13.2. The minimum atomic E-state index is -0.135. The second-order valence-corrected chi connectivity index (χ2v) is 8.53. The summed E-state index contributed by atoms with van der Waals surface area (Å²) in [4.78, 5) is 15.5. The molecule has 3 aromatic rings. The number of Topliss-reactive ketones (excluding diaryl/α,β-unsaturated/α-hetero) is 1. The molecule has 6 heteroatoms. The Kier molecular flexibility index (Phi) is 5.75. The van der Waals surface area contributed by atoms with Crippen molar-refractivity contribution in [3.8, 4) is 23.0 Å². The summed E-state index contributed by atoms with van der Waals surface area (Å²) in [5.41, 5.74) is 4.43. The number of benzene rings is 3. The molecule has 0 bridgehead atoms. The number of hydrogen-bond acceptors (Lipinski definition) is 6. The first kappa shape index (κ1) is 22.0. The SMILES string of the molecule is COc1ccc(/C=C2\Oc3c(cc4c(c3C)OCN(C(C)c3ccccc3)C4)C2=O)cc1OC. The summed E-state index contributed by atoms with van der Waals surface area (Å²) in [7, 11) is 3.17. The Morgan fingerprint density at radius 3 is 2.50 bits per heavy atom. The summed E-state index contributed by atoms with van der Waals surface area (Å²) < 4.78 is 22.9. The predicted molar refractivity (Wildman–Crippen MR) is 130 cm³/mol. The van der Waals surface area contributed by atoms with E-state index >= 15 is 0 Å². The van der Waals surface area contributed by atoms with Crippen LogP contribution in [0.2, 0.25) is 0 Å². The predicted octanol–water partition coefficient (Wildman–Crippen LogP) is 5.54. The third kappa shape index (κ3) is 3.80. The fraction of sp³-hybridized carbons (Fsp3) is 0.250. The van der Waals surface area contributed by atoms with Crippen molar-refractivity contribution >= 4 is 11.9 Å². The van der Waals surface area contributed by atoms with Gasteiger partial charge in [-0.05, 0) is 49.2 Å². The Labute approximate surface area is 199 Å². The molecule has 2 heterocycles. The van der Waals surface area contributed by atoms with Crippen LogP contribution in [0.1, 0.15) is 45.6 Å². The zero-order chi connectivity index (χ0) is 23.8. The van der Waals surface area contributed by atoms with E-state index < -0.39 is 0 Å². The van der Waals surface area contributed by atoms with Gasteiger partial charge in [-0.25, -0.2) is 0 Å². The number of methoxy groups -OCH3 is 2. The highest BCUT2D eigenvalue weighted by atomic mass is 16.5. The molecule has 1 atom stereocenters. The van der Waals surface area contributed by atoms with Gasteiger partial charge >= 0.3 is 0 Å². The lowest BCUT2D eigenvalue weighted by Gasteiger charge is -2.34. The first-order valence-electron chi connectivity index (χ1n) is 11.2. The molecule has 3 aromatic carbocycles. The third-order valence-electron chi connectivity index (χ3n) is 6.50. The zero-order valence-corrected chi connectivity index (χ0v) is 19.8. The van der Waals surface area contributed by atoms with E-state index in [2.05, 4.69) is 24.0 Å². The number of carbonyl (C=O) groups excluding carboxylic acids is 1. The second kappa shape index (κ2) is 8.88. The van der Waals surface area contributed by atoms with Gasteiger partial charge in [-0.2, -0.15) is 0 Å². The lowest BCUT2D eigenvalue weighted by molar-refractivity contribution is 0.0609. The molecule has 34 heavy (non-hydrogen) atoms. The van der Waals surface area contributed by atoms with Crippen LogP contribution in [-0.4, -0.2) is 31.6 Å². The van der Waals surface area contributed by atoms with Crippen molar-refractivity contribution in [2.45, 2.75) is 26.4 Å². The van der Waals surface area contributed by atoms with E-state index in [1.165, 1.54) is 5.56 Å². The maximum Gasteiger partial charge on any atom is 0.231 e. The van der Waals surface area contributed by atoms with E-state index in [0.717, 1.165) is 22.4 Å². The number of nitrogens with zero attached hydrogens (tertiary/aromatic N) is 1. The lowest BCUT2D eigenvalue weighted by atomic mass is 9.99. The van der Waals surface area contributed by atoms with Gasteiger partial charge < -0.3 is 18.9 Å². The molecule has 0 saturated heterocycles. The number of ketones is 1. The smallest absolute Gasteiger partial charge is 0.231 e. The molecule has 0 spiro atoms. The third-order valence-corrected chi connectivity index (χ3v) is 6.50. The van der Waals surface area contributed by atoms with E-state index in [4.69, 9.17) is 18.9 Å². The Balaban J connectivity index is 1.44. The molecule has 1 unspecified atom stereocenters. The normalized spacial score (nSPS) is 16.9. The number of allylic oxidation sites excluding steroid dienone is 1. The molecule has 0 saturated carbocycles. The van der Waals surface area contributed by atoms with Gasteiger partial charge in [-0.3, -0.25) is 9.69 Å². The number of carbonyl (C=O) groups is 1. The molecular formula is C28H27NO5. The summed E-state index contributed by atoms with van der Waals surface area (Å²) in [5, 5.41) is 0. The van der Waals surface area contributed by atoms with Crippen molar-refractivity contribution in [2.24, 2.45) is 0 Å². The monoisotopic (exact) mass is 457 g/mol. The molecule has 174 valence electrons. The van der Waals surface area contributed by atoms with E-state index in [0.29, 0.717) is 36.1 Å². The number of fused-ring (bicyclic) bond motifs is 2. The minimum absolute atomic E-state index is 0.135. The summed E-state index contributed by atoms with van der Waals surface area (Å²) in [6, 6.07) is 17.9. The van der Waals surface area contributed by atoms with Gasteiger partial charge in [0, 0.05) is 23.7 Å². The van der Waals surface area contributed by atoms with Crippen molar-refractivity contribution < 1.29 is 23.7 Å². The van der Waals surface area contributed by atoms with E-state index in [1.54, 1.807) is 26.4 Å². The van der Waals surface area contributed by atoms with Gasteiger partial charge in [0.2, 0.25) is 5.78 Å². The van der Waals surface area contributed by atoms with Gasteiger partial charge in [-0.15, -0.1) is 0 Å². The highest BCUT2D eigenvalue weighted by Gasteiger charge is 2.34. The zero-order valence-electron chi connectivity index (χ0n) is 19.8. The first-order chi connectivity index (χ1) is 16.5. The van der Waals surface area contributed by atoms with Gasteiger partial charge in [0.1, 0.15) is 18.2 Å². The van der Waals surface area contributed by atoms with Crippen LogP contribution in [0.3, 0.4) is 0 Å². The number of ether oxygens (including phenoxy) is 4. The average Bonchev–Trinajstić information content (AvgIpc) is 3.19. The highest BCUT2D eigenvalue weighted by Crippen LogP contribution is 2.44. The number of rotatable bonds is 5. The Morgan fingerprint density at radius 2 is 1.76 bits per heavy atom. The van der Waals surface area contributed by atoms with E-state index in [9.17, 15) is 4.79 Å². The van der Waals surface area contributed by atoms with Crippen LogP contribution in [0, 0.1) is 6.92 Å². The molecule has 5 rings (SSSR count). The topological polar surface area (TPSA) is 57.2 Å². The van der Waals surface area contributed by atoms with Crippen LogP contribution in [-0.2, 0) is 6.54 Å². The van der Waals surface area contributed by atoms with Crippen LogP contribution in [0.15, 0.2) is 60.4 Å². The molecule has 2 aliphatic rings. The summed E-state index contributed by atoms with van der Waals surface area (Å²) in [6.07, 6.45) is 1.73. The van der Waals surface area contributed by atoms with Gasteiger partial charge in [0.05, 0.1) is 19.8 Å². The fourth-order valence-electron chi connectivity index (χ4n) is 4.55. The standard InChI is InChI=1S/C28H27NO5/c1-17-27-21(15-29(16-33-27)18(2)20-8-6-5-7-9-20)14-22-26(30)25(34-28(17)22)13-19-10-11-23(31-3)24(12-19)32-4/h5-14,18H,15-16H2,1-4H3/b25-13-. The van der Waals surface area contributed by atoms with Crippen molar-refractivity contribution in [3.63, 3.8) is 0 Å². The molecule has 0 fully saturated rings. The van der Waals surface area contributed by atoms with Crippen LogP contribution in [0.25, 0.3) is 6.08 Å². The lowest BCUT2D eigenvalue weighted by Crippen LogP contribution is -2.34.